The Hall–Kier alpha value is -1.04. The molecule has 0 aliphatic rings. The van der Waals surface area contributed by atoms with E-state index in [1.807, 2.05) is 4.57 Å². The number of carboxylic acid groups (broad SMARTS) is 1. The lowest BCUT2D eigenvalue weighted by Crippen LogP contribution is -2.10. The van der Waals surface area contributed by atoms with Crippen molar-refractivity contribution in [2.24, 2.45) is 5.92 Å². The Kier molecular flexibility index (Phi) is 5.47. The van der Waals surface area contributed by atoms with Crippen LogP contribution in [0.15, 0.2) is 5.16 Å². The number of carbonyl (C=O) groups is 1. The highest BCUT2D eigenvalue weighted by atomic mass is 32.2. The number of aryl methyl sites for hydroxylation is 1. The molecule has 0 aromatic carbocycles. The van der Waals surface area contributed by atoms with Gasteiger partial charge in [-0.15, -0.1) is 10.2 Å². The Morgan fingerprint density at radius 1 is 1.47 bits per heavy atom. The molecule has 6 heteroatoms. The van der Waals surface area contributed by atoms with Gasteiger partial charge in [0, 0.05) is 13.0 Å². The van der Waals surface area contributed by atoms with E-state index >= 15 is 0 Å². The topological polar surface area (TPSA) is 68.0 Å². The maximum Gasteiger partial charge on any atom is 0.313 e. The number of aromatic nitrogens is 3. The Bertz CT molecular complexity index is 377. The maximum atomic E-state index is 10.6. The molecule has 0 fully saturated rings. The first-order chi connectivity index (χ1) is 8.04. The zero-order valence-corrected chi connectivity index (χ0v) is 11.3. The van der Waals surface area contributed by atoms with Crippen molar-refractivity contribution in [3.8, 4) is 0 Å². The molecule has 0 bridgehead atoms. The molecule has 1 N–H and O–H groups in total. The maximum absolute atomic E-state index is 10.6. The highest BCUT2D eigenvalue weighted by Gasteiger charge is 2.14. The minimum Gasteiger partial charge on any atom is -0.481 e. The summed E-state index contributed by atoms with van der Waals surface area (Å²) in [6, 6.07) is 0. The van der Waals surface area contributed by atoms with Crippen LogP contribution in [0.1, 0.15) is 33.0 Å². The molecule has 0 spiro atoms. The average molecular weight is 257 g/mol. The molecule has 0 atom stereocenters. The molecule has 0 aliphatic carbocycles. The van der Waals surface area contributed by atoms with Gasteiger partial charge in [-0.05, 0) is 12.3 Å². The molecule has 0 aliphatic heterocycles. The second-order valence-electron chi connectivity index (χ2n) is 4.34. The highest BCUT2D eigenvalue weighted by molar-refractivity contribution is 7.99. The van der Waals surface area contributed by atoms with Crippen molar-refractivity contribution in [1.82, 2.24) is 14.8 Å². The van der Waals surface area contributed by atoms with Crippen LogP contribution >= 0.6 is 11.8 Å². The molecule has 1 heterocycles. The first-order valence-electron chi connectivity index (χ1n) is 5.81. The first kappa shape index (κ1) is 14.0. The third kappa shape index (κ3) is 4.38. The van der Waals surface area contributed by atoms with Crippen molar-refractivity contribution in [1.29, 1.82) is 0 Å². The summed E-state index contributed by atoms with van der Waals surface area (Å²) in [6.07, 6.45) is 1.90. The van der Waals surface area contributed by atoms with Gasteiger partial charge in [0.25, 0.3) is 0 Å². The molecule has 0 saturated carbocycles. The summed E-state index contributed by atoms with van der Waals surface area (Å²) >= 11 is 1.23. The summed E-state index contributed by atoms with van der Waals surface area (Å²) in [5.41, 5.74) is 0. The number of rotatable bonds is 7. The third-order valence-electron chi connectivity index (χ3n) is 2.14. The second-order valence-corrected chi connectivity index (χ2v) is 5.28. The van der Waals surface area contributed by atoms with Gasteiger partial charge >= 0.3 is 5.97 Å². The van der Waals surface area contributed by atoms with E-state index in [-0.39, 0.29) is 5.75 Å². The lowest BCUT2D eigenvalue weighted by atomic mass is 10.2. The van der Waals surface area contributed by atoms with Gasteiger partial charge in [0.05, 0.1) is 5.75 Å². The van der Waals surface area contributed by atoms with E-state index in [1.165, 1.54) is 11.8 Å². The predicted octanol–water partition coefficient (Wildman–Crippen LogP) is 2.06. The number of nitrogens with zero attached hydrogens (tertiary/aromatic N) is 3. The summed E-state index contributed by atoms with van der Waals surface area (Å²) in [6.45, 7) is 7.19. The van der Waals surface area contributed by atoms with Crippen LogP contribution in [0, 0.1) is 5.92 Å². The van der Waals surface area contributed by atoms with E-state index in [9.17, 15) is 4.79 Å². The van der Waals surface area contributed by atoms with Gasteiger partial charge in [-0.2, -0.15) is 0 Å². The van der Waals surface area contributed by atoms with Crippen molar-refractivity contribution < 1.29 is 9.90 Å². The van der Waals surface area contributed by atoms with Crippen molar-refractivity contribution in [2.45, 2.75) is 45.3 Å². The van der Waals surface area contributed by atoms with E-state index < -0.39 is 5.97 Å². The average Bonchev–Trinajstić information content (AvgIpc) is 2.58. The van der Waals surface area contributed by atoms with Crippen LogP contribution in [0.3, 0.4) is 0 Å². The molecular weight excluding hydrogens is 238 g/mol. The third-order valence-corrected chi connectivity index (χ3v) is 3.09. The number of thioether (sulfide) groups is 1. The number of carboxylic acids is 1. The number of hydrogen-bond donors (Lipinski definition) is 1. The lowest BCUT2D eigenvalue weighted by molar-refractivity contribution is -0.133. The summed E-state index contributed by atoms with van der Waals surface area (Å²) in [4.78, 5) is 10.6. The van der Waals surface area contributed by atoms with Crippen LogP contribution in [0.25, 0.3) is 0 Å². The zero-order valence-electron chi connectivity index (χ0n) is 10.5. The van der Waals surface area contributed by atoms with Crippen molar-refractivity contribution >= 4 is 17.7 Å². The summed E-state index contributed by atoms with van der Waals surface area (Å²) in [5.74, 6) is 0.647. The summed E-state index contributed by atoms with van der Waals surface area (Å²) < 4.78 is 2.04. The fourth-order valence-corrected chi connectivity index (χ4v) is 2.20. The molecule has 17 heavy (non-hydrogen) atoms. The molecule has 1 aromatic heterocycles. The number of hydrogen-bond acceptors (Lipinski definition) is 4. The van der Waals surface area contributed by atoms with E-state index in [0.29, 0.717) is 11.1 Å². The number of aliphatic carboxylic acids is 1. The normalized spacial score (nSPS) is 11.1. The molecule has 96 valence electrons. The molecule has 1 rings (SSSR count). The van der Waals surface area contributed by atoms with Crippen LogP contribution in [-0.2, 0) is 17.8 Å². The van der Waals surface area contributed by atoms with Gasteiger partial charge in [0.2, 0.25) is 0 Å². The van der Waals surface area contributed by atoms with Gasteiger partial charge in [-0.3, -0.25) is 4.79 Å². The summed E-state index contributed by atoms with van der Waals surface area (Å²) in [7, 11) is 0. The van der Waals surface area contributed by atoms with Crippen LogP contribution in [0.5, 0.6) is 0 Å². The Morgan fingerprint density at radius 2 is 2.18 bits per heavy atom. The Balaban J connectivity index is 2.83. The Labute approximate surface area is 106 Å². The smallest absolute Gasteiger partial charge is 0.313 e. The minimum absolute atomic E-state index is 0.0301. The quantitative estimate of drug-likeness (QED) is 0.757. The highest BCUT2D eigenvalue weighted by Crippen LogP contribution is 2.19. The lowest BCUT2D eigenvalue weighted by Gasteiger charge is -2.11. The van der Waals surface area contributed by atoms with E-state index in [4.69, 9.17) is 5.11 Å². The van der Waals surface area contributed by atoms with Crippen LogP contribution in [0.2, 0.25) is 0 Å². The monoisotopic (exact) mass is 257 g/mol. The van der Waals surface area contributed by atoms with Gasteiger partial charge in [-0.25, -0.2) is 0 Å². The standard InChI is InChI=1S/C11H19N3O2S/c1-4-5-9-12-13-11(17-7-10(15)16)14(9)6-8(2)3/h8H,4-7H2,1-3H3,(H,15,16). The van der Waals surface area contributed by atoms with E-state index in [2.05, 4.69) is 31.0 Å². The molecule has 0 saturated heterocycles. The molecule has 5 nitrogen and oxygen atoms in total. The molecular formula is C11H19N3O2S. The van der Waals surface area contributed by atoms with Gasteiger partial charge in [0.1, 0.15) is 5.82 Å². The van der Waals surface area contributed by atoms with Crippen LogP contribution in [0.4, 0.5) is 0 Å². The van der Waals surface area contributed by atoms with Gasteiger partial charge in [-0.1, -0.05) is 32.5 Å². The fourth-order valence-electron chi connectivity index (χ4n) is 1.51. The van der Waals surface area contributed by atoms with Crippen LogP contribution < -0.4 is 0 Å². The SMILES string of the molecule is CCCc1nnc(SCC(=O)O)n1CC(C)C. The molecule has 0 amide bonds. The second kappa shape index (κ2) is 6.64. The van der Waals surface area contributed by atoms with Crippen molar-refractivity contribution in [3.63, 3.8) is 0 Å². The fraction of sp³-hybridized carbons (Fsp3) is 0.727. The van der Waals surface area contributed by atoms with Gasteiger partial charge in [0.15, 0.2) is 5.16 Å². The largest absolute Gasteiger partial charge is 0.481 e. The zero-order chi connectivity index (χ0) is 12.8. The van der Waals surface area contributed by atoms with E-state index in [0.717, 1.165) is 25.2 Å². The molecule has 0 radical (unpaired) electrons. The predicted molar refractivity (Wildman–Crippen MR) is 67.2 cm³/mol. The molecule has 0 unspecified atom stereocenters. The van der Waals surface area contributed by atoms with Crippen molar-refractivity contribution in [2.75, 3.05) is 5.75 Å². The Morgan fingerprint density at radius 3 is 2.71 bits per heavy atom. The first-order valence-corrected chi connectivity index (χ1v) is 6.79. The minimum atomic E-state index is -0.828. The van der Waals surface area contributed by atoms with Gasteiger partial charge < -0.3 is 9.67 Å². The van der Waals surface area contributed by atoms with E-state index in [1.54, 1.807) is 0 Å². The van der Waals surface area contributed by atoms with Crippen molar-refractivity contribution in [3.05, 3.63) is 5.82 Å². The molecule has 1 aromatic rings. The summed E-state index contributed by atoms with van der Waals surface area (Å²) in [5, 5.41) is 17.6. The van der Waals surface area contributed by atoms with Crippen LogP contribution in [-0.4, -0.2) is 31.6 Å².